The molecule has 0 unspecified atom stereocenters. The van der Waals surface area contributed by atoms with E-state index in [0.29, 0.717) is 49.3 Å². The Hall–Kier alpha value is -5.10. The third-order valence-electron chi connectivity index (χ3n) is 5.99. The highest BCUT2D eigenvalue weighted by Gasteiger charge is 2.08. The van der Waals surface area contributed by atoms with E-state index in [1.54, 1.807) is 36.5 Å². The Morgan fingerprint density at radius 1 is 0.950 bits per heavy atom. The molecule has 0 atom stereocenters. The third kappa shape index (κ3) is 7.48. The zero-order chi connectivity index (χ0) is 27.6. The predicted octanol–water partition coefficient (Wildman–Crippen LogP) is 6.01. The number of nitriles is 1. The van der Waals surface area contributed by atoms with Crippen molar-refractivity contribution < 1.29 is 14.3 Å². The number of aromatic nitrogens is 2. The predicted molar refractivity (Wildman–Crippen MR) is 154 cm³/mol. The zero-order valence-corrected chi connectivity index (χ0v) is 21.7. The lowest BCUT2D eigenvalue weighted by Gasteiger charge is -2.13. The van der Waals surface area contributed by atoms with E-state index in [2.05, 4.69) is 27.8 Å². The van der Waals surface area contributed by atoms with Crippen LogP contribution in [0.1, 0.15) is 22.3 Å². The quantitative estimate of drug-likeness (QED) is 0.247. The average molecular weight is 530 g/mol. The van der Waals surface area contributed by atoms with E-state index in [1.807, 2.05) is 54.6 Å². The molecule has 0 fully saturated rings. The maximum absolute atomic E-state index is 12.7. The molecule has 1 aromatic heterocycles. The molecular formula is C32H27N5O3. The number of anilines is 3. The largest absolute Gasteiger partial charge is 0.373 e. The van der Waals surface area contributed by atoms with Gasteiger partial charge in [0, 0.05) is 29.2 Å². The van der Waals surface area contributed by atoms with Crippen LogP contribution in [0.15, 0.2) is 97.2 Å². The van der Waals surface area contributed by atoms with Crippen molar-refractivity contribution in [1.82, 2.24) is 9.97 Å². The molecule has 4 aromatic rings. The Morgan fingerprint density at radius 2 is 1.75 bits per heavy atom. The van der Waals surface area contributed by atoms with Gasteiger partial charge in [-0.3, -0.25) is 4.79 Å². The molecule has 8 nitrogen and oxygen atoms in total. The molecule has 2 N–H and O–H groups in total. The first-order chi connectivity index (χ1) is 19.6. The monoisotopic (exact) mass is 529 g/mol. The number of hydrogen-bond acceptors (Lipinski definition) is 7. The van der Waals surface area contributed by atoms with Crippen molar-refractivity contribution >= 4 is 29.3 Å². The van der Waals surface area contributed by atoms with Gasteiger partial charge >= 0.3 is 0 Å². The van der Waals surface area contributed by atoms with Crippen molar-refractivity contribution in [2.45, 2.75) is 13.2 Å². The van der Waals surface area contributed by atoms with Crippen LogP contribution in [0.3, 0.4) is 0 Å². The lowest BCUT2D eigenvalue weighted by Crippen LogP contribution is -2.09. The van der Waals surface area contributed by atoms with Crippen LogP contribution in [0.4, 0.5) is 17.3 Å². The highest BCUT2D eigenvalue weighted by molar-refractivity contribution is 6.02. The standard InChI is InChI=1S/C32H27N5O3/c33-20-24-8-6-23(7-9-24)10-11-31(38)35-28-17-26-18-29(19-28)36-32-34-13-12-30(37-32)27-5-3-4-25(16-27)21-39-14-1-2-15-40-22-26/h1-13,16-19H,14-15,21-22H2,(H,35,38)(H,34,36,37)/b2-1+,11-10+. The summed E-state index contributed by atoms with van der Waals surface area (Å²) in [6.07, 6.45) is 8.72. The molecule has 3 aromatic carbocycles. The van der Waals surface area contributed by atoms with E-state index in [-0.39, 0.29) is 5.91 Å². The second kappa shape index (κ2) is 13.1. The van der Waals surface area contributed by atoms with Crippen molar-refractivity contribution in [1.29, 1.82) is 5.26 Å². The van der Waals surface area contributed by atoms with E-state index < -0.39 is 0 Å². The molecule has 0 saturated carbocycles. The van der Waals surface area contributed by atoms with Gasteiger partial charge in [-0.2, -0.15) is 5.26 Å². The van der Waals surface area contributed by atoms with E-state index in [1.165, 1.54) is 6.08 Å². The fourth-order valence-electron chi connectivity index (χ4n) is 4.10. The number of nitrogens with zero attached hydrogens (tertiary/aromatic N) is 3. The number of ether oxygens (including phenoxy) is 2. The molecule has 6 bridgehead atoms. The van der Waals surface area contributed by atoms with Gasteiger partial charge in [0.1, 0.15) is 0 Å². The molecule has 0 aliphatic carbocycles. The van der Waals surface area contributed by atoms with Gasteiger partial charge in [-0.15, -0.1) is 0 Å². The van der Waals surface area contributed by atoms with Gasteiger partial charge in [-0.25, -0.2) is 9.97 Å². The first-order valence-corrected chi connectivity index (χ1v) is 12.8. The van der Waals surface area contributed by atoms with Crippen LogP contribution < -0.4 is 10.6 Å². The second-order valence-corrected chi connectivity index (χ2v) is 9.07. The number of fused-ring (bicyclic) bond motifs is 7. The number of carbonyl (C=O) groups excluding carboxylic acids is 1. The molecule has 0 radical (unpaired) electrons. The minimum absolute atomic E-state index is 0.288. The van der Waals surface area contributed by atoms with E-state index in [9.17, 15) is 4.79 Å². The molecule has 198 valence electrons. The lowest BCUT2D eigenvalue weighted by molar-refractivity contribution is -0.111. The van der Waals surface area contributed by atoms with Crippen molar-refractivity contribution in [2.24, 2.45) is 0 Å². The van der Waals surface area contributed by atoms with E-state index >= 15 is 0 Å². The summed E-state index contributed by atoms with van der Waals surface area (Å²) in [5.74, 6) is 0.142. The van der Waals surface area contributed by atoms with Gasteiger partial charge in [0.15, 0.2) is 0 Å². The third-order valence-corrected chi connectivity index (χ3v) is 5.99. The molecule has 8 heteroatoms. The first-order valence-electron chi connectivity index (χ1n) is 12.8. The van der Waals surface area contributed by atoms with Crippen LogP contribution in [0.5, 0.6) is 0 Å². The van der Waals surface area contributed by atoms with Gasteiger partial charge in [0.25, 0.3) is 0 Å². The maximum Gasteiger partial charge on any atom is 0.248 e. The highest BCUT2D eigenvalue weighted by atomic mass is 16.5. The number of rotatable bonds is 3. The Kier molecular flexibility index (Phi) is 8.69. The van der Waals surface area contributed by atoms with Crippen LogP contribution >= 0.6 is 0 Å². The Bertz CT molecular complexity index is 1590. The second-order valence-electron chi connectivity index (χ2n) is 9.07. The Morgan fingerprint density at radius 3 is 2.55 bits per heavy atom. The molecule has 0 saturated heterocycles. The van der Waals surface area contributed by atoms with Gasteiger partial charge < -0.3 is 20.1 Å². The van der Waals surface area contributed by atoms with Crippen molar-refractivity contribution in [3.05, 3.63) is 119 Å². The highest BCUT2D eigenvalue weighted by Crippen LogP contribution is 2.25. The normalized spacial score (nSPS) is 14.3. The number of hydrogen-bond donors (Lipinski definition) is 2. The number of nitrogens with one attached hydrogen (secondary N) is 2. The molecule has 1 amide bonds. The summed E-state index contributed by atoms with van der Waals surface area (Å²) in [4.78, 5) is 21.8. The smallest absolute Gasteiger partial charge is 0.248 e. The van der Waals surface area contributed by atoms with Crippen molar-refractivity contribution in [3.63, 3.8) is 0 Å². The number of carbonyl (C=O) groups is 1. The topological polar surface area (TPSA) is 109 Å². The molecule has 40 heavy (non-hydrogen) atoms. The fraction of sp³-hybridized carbons (Fsp3) is 0.125. The summed E-state index contributed by atoms with van der Waals surface area (Å²) in [6, 6.07) is 24.6. The summed E-state index contributed by atoms with van der Waals surface area (Å²) in [5.41, 5.74) is 6.36. The van der Waals surface area contributed by atoms with Crippen LogP contribution in [0, 0.1) is 11.3 Å². The summed E-state index contributed by atoms with van der Waals surface area (Å²) in [7, 11) is 0. The van der Waals surface area contributed by atoms with Gasteiger partial charge in [-0.05, 0) is 65.2 Å². The molecular weight excluding hydrogens is 502 g/mol. The summed E-state index contributed by atoms with van der Waals surface area (Å²) < 4.78 is 11.6. The molecule has 2 heterocycles. The van der Waals surface area contributed by atoms with Gasteiger partial charge in [0.2, 0.25) is 11.9 Å². The fourth-order valence-corrected chi connectivity index (χ4v) is 4.10. The lowest BCUT2D eigenvalue weighted by atomic mass is 10.1. The molecule has 5 rings (SSSR count). The van der Waals surface area contributed by atoms with Crippen LogP contribution in [-0.4, -0.2) is 29.1 Å². The van der Waals surface area contributed by atoms with E-state index in [0.717, 1.165) is 27.9 Å². The van der Waals surface area contributed by atoms with E-state index in [4.69, 9.17) is 19.7 Å². The summed E-state index contributed by atoms with van der Waals surface area (Å²) >= 11 is 0. The molecule has 1 aliphatic rings. The SMILES string of the molecule is N#Cc1ccc(/C=C/C(=O)Nc2cc3cc(c2)Nc2nccc(n2)-c2cccc(c2)COC/C=C/COC3)cc1. The number of amides is 1. The maximum atomic E-state index is 12.7. The average Bonchev–Trinajstić information content (AvgIpc) is 2.97. The Balaban J connectivity index is 1.39. The molecule has 1 aliphatic heterocycles. The minimum atomic E-state index is -0.288. The van der Waals surface area contributed by atoms with Crippen LogP contribution in [0.25, 0.3) is 17.3 Å². The van der Waals surface area contributed by atoms with Crippen molar-refractivity contribution in [3.8, 4) is 17.3 Å². The number of benzene rings is 3. The Labute approximate surface area is 232 Å². The summed E-state index contributed by atoms with van der Waals surface area (Å²) in [6.45, 7) is 1.75. The van der Waals surface area contributed by atoms with Crippen LogP contribution in [0.2, 0.25) is 0 Å². The van der Waals surface area contributed by atoms with Gasteiger partial charge in [0.05, 0.1) is 43.8 Å². The van der Waals surface area contributed by atoms with Gasteiger partial charge in [-0.1, -0.05) is 42.5 Å². The molecule has 0 spiro atoms. The zero-order valence-electron chi connectivity index (χ0n) is 21.7. The first kappa shape index (κ1) is 26.5. The minimum Gasteiger partial charge on any atom is -0.373 e. The van der Waals surface area contributed by atoms with Crippen LogP contribution in [-0.2, 0) is 27.5 Å². The van der Waals surface area contributed by atoms with Crippen molar-refractivity contribution in [2.75, 3.05) is 23.8 Å². The summed E-state index contributed by atoms with van der Waals surface area (Å²) in [5, 5.41) is 15.1.